The molecule has 1 aromatic carbocycles. The third-order valence-corrected chi connectivity index (χ3v) is 5.91. The quantitative estimate of drug-likeness (QED) is 0.499. The van der Waals surface area contributed by atoms with Crippen molar-refractivity contribution in [2.75, 3.05) is 0 Å². The minimum Gasteiger partial charge on any atom is -0.370 e. The minimum atomic E-state index is -0.701. The van der Waals surface area contributed by atoms with E-state index < -0.39 is 11.6 Å². The fourth-order valence-electron chi connectivity index (χ4n) is 4.19. The standard InChI is InChI=1S/C23H22F2N6O/c1-11-6-14(7-19(32-11)15-9-26-27-10-15)22-30-20(17-5-4-16(24)8-18(17)25)21-23(31-22)29-13(3)12(2)28-21/h4-5,8-11,14,19H,6-7H2,1-3H3,(H,26,27). The van der Waals surface area contributed by atoms with Gasteiger partial charge in [0, 0.05) is 29.3 Å². The number of benzene rings is 1. The Labute approximate surface area is 183 Å². The maximum Gasteiger partial charge on any atom is 0.182 e. The van der Waals surface area contributed by atoms with E-state index in [1.165, 1.54) is 12.1 Å². The van der Waals surface area contributed by atoms with E-state index in [1.807, 2.05) is 27.0 Å². The first-order chi connectivity index (χ1) is 15.4. The molecule has 0 amide bonds. The topological polar surface area (TPSA) is 89.5 Å². The van der Waals surface area contributed by atoms with Gasteiger partial charge in [-0.25, -0.2) is 28.7 Å². The van der Waals surface area contributed by atoms with Crippen LogP contribution in [0.2, 0.25) is 0 Å². The molecule has 1 fully saturated rings. The highest BCUT2D eigenvalue weighted by Crippen LogP contribution is 2.40. The van der Waals surface area contributed by atoms with E-state index in [0.717, 1.165) is 17.3 Å². The lowest BCUT2D eigenvalue weighted by Crippen LogP contribution is -2.26. The number of aryl methyl sites for hydroxylation is 2. The van der Waals surface area contributed by atoms with Gasteiger partial charge in [-0.05, 0) is 45.7 Å². The summed E-state index contributed by atoms with van der Waals surface area (Å²) in [4.78, 5) is 18.7. The molecule has 3 aromatic heterocycles. The third kappa shape index (κ3) is 3.73. The summed E-state index contributed by atoms with van der Waals surface area (Å²) in [5, 5.41) is 6.84. The monoisotopic (exact) mass is 436 g/mol. The average molecular weight is 436 g/mol. The van der Waals surface area contributed by atoms with Crippen LogP contribution in [0.5, 0.6) is 0 Å². The summed E-state index contributed by atoms with van der Waals surface area (Å²) < 4.78 is 34.4. The van der Waals surface area contributed by atoms with Gasteiger partial charge in [0.15, 0.2) is 5.65 Å². The predicted octanol–water partition coefficient (Wildman–Crippen LogP) is 4.73. The van der Waals surface area contributed by atoms with E-state index in [2.05, 4.69) is 20.2 Å². The number of hydrogen-bond donors (Lipinski definition) is 1. The molecule has 1 N–H and O–H groups in total. The van der Waals surface area contributed by atoms with Crippen LogP contribution in [0.3, 0.4) is 0 Å². The molecular weight excluding hydrogens is 414 g/mol. The maximum atomic E-state index is 14.7. The molecule has 7 nitrogen and oxygen atoms in total. The van der Waals surface area contributed by atoms with Crippen molar-refractivity contribution in [1.29, 1.82) is 0 Å². The molecule has 164 valence electrons. The summed E-state index contributed by atoms with van der Waals surface area (Å²) in [6, 6.07) is 3.45. The van der Waals surface area contributed by atoms with Crippen molar-refractivity contribution >= 4 is 11.2 Å². The largest absolute Gasteiger partial charge is 0.370 e. The first-order valence-electron chi connectivity index (χ1n) is 10.5. The second-order valence-corrected chi connectivity index (χ2v) is 8.26. The number of nitrogens with zero attached hydrogens (tertiary/aromatic N) is 5. The van der Waals surface area contributed by atoms with Gasteiger partial charge in [0.05, 0.1) is 29.8 Å². The van der Waals surface area contributed by atoms with Crippen LogP contribution in [0.1, 0.15) is 54.6 Å². The second kappa shape index (κ2) is 7.98. The lowest BCUT2D eigenvalue weighted by Gasteiger charge is -2.33. The predicted molar refractivity (Wildman–Crippen MR) is 114 cm³/mol. The van der Waals surface area contributed by atoms with Gasteiger partial charge < -0.3 is 4.74 Å². The Morgan fingerprint density at radius 1 is 1.03 bits per heavy atom. The van der Waals surface area contributed by atoms with Gasteiger partial charge in [-0.2, -0.15) is 5.10 Å². The van der Waals surface area contributed by atoms with Crippen LogP contribution in [0.25, 0.3) is 22.4 Å². The summed E-state index contributed by atoms with van der Waals surface area (Å²) in [7, 11) is 0. The number of hydrogen-bond acceptors (Lipinski definition) is 6. The zero-order valence-electron chi connectivity index (χ0n) is 17.9. The van der Waals surface area contributed by atoms with Crippen molar-refractivity contribution in [3.8, 4) is 11.3 Å². The van der Waals surface area contributed by atoms with Crippen LogP contribution in [-0.2, 0) is 4.74 Å². The molecule has 1 aliphatic rings. The van der Waals surface area contributed by atoms with E-state index >= 15 is 0 Å². The van der Waals surface area contributed by atoms with Crippen molar-refractivity contribution in [3.63, 3.8) is 0 Å². The van der Waals surface area contributed by atoms with Gasteiger partial charge in [-0.3, -0.25) is 5.10 Å². The Bertz CT molecular complexity index is 1290. The van der Waals surface area contributed by atoms with Crippen molar-refractivity contribution in [2.24, 2.45) is 0 Å². The molecular formula is C23H22F2N6O. The van der Waals surface area contributed by atoms with Crippen molar-refractivity contribution in [3.05, 3.63) is 65.0 Å². The van der Waals surface area contributed by atoms with Crippen LogP contribution >= 0.6 is 0 Å². The molecule has 1 aliphatic heterocycles. The smallest absolute Gasteiger partial charge is 0.182 e. The van der Waals surface area contributed by atoms with E-state index in [4.69, 9.17) is 14.7 Å². The highest BCUT2D eigenvalue weighted by atomic mass is 19.1. The summed E-state index contributed by atoms with van der Waals surface area (Å²) in [6.45, 7) is 5.69. The highest BCUT2D eigenvalue weighted by Gasteiger charge is 2.32. The zero-order chi connectivity index (χ0) is 22.4. The van der Waals surface area contributed by atoms with Crippen LogP contribution < -0.4 is 0 Å². The number of halogens is 2. The molecule has 3 unspecified atom stereocenters. The first kappa shape index (κ1) is 20.6. The minimum absolute atomic E-state index is 0.0233. The van der Waals surface area contributed by atoms with Crippen molar-refractivity contribution < 1.29 is 13.5 Å². The van der Waals surface area contributed by atoms with Gasteiger partial charge in [0.2, 0.25) is 0 Å². The van der Waals surface area contributed by atoms with Gasteiger partial charge >= 0.3 is 0 Å². The second-order valence-electron chi connectivity index (χ2n) is 8.26. The van der Waals surface area contributed by atoms with Crippen LogP contribution in [0.4, 0.5) is 8.78 Å². The molecule has 5 rings (SSSR count). The Hall–Kier alpha value is -3.33. The highest BCUT2D eigenvalue weighted by molar-refractivity contribution is 5.87. The zero-order valence-corrected chi connectivity index (χ0v) is 17.9. The van der Waals surface area contributed by atoms with Gasteiger partial charge in [0.25, 0.3) is 0 Å². The first-order valence-corrected chi connectivity index (χ1v) is 10.5. The summed E-state index contributed by atoms with van der Waals surface area (Å²) in [5.74, 6) is -0.831. The molecule has 0 aliphatic carbocycles. The SMILES string of the molecule is Cc1nc2nc(C3CC(C)OC(c4cn[nH]c4)C3)nc(-c3ccc(F)cc3F)c2nc1C. The van der Waals surface area contributed by atoms with Crippen LogP contribution in [0, 0.1) is 25.5 Å². The summed E-state index contributed by atoms with van der Waals surface area (Å²) >= 11 is 0. The Balaban J connectivity index is 1.66. The molecule has 1 saturated heterocycles. The Morgan fingerprint density at radius 3 is 2.59 bits per heavy atom. The molecule has 9 heteroatoms. The summed E-state index contributed by atoms with van der Waals surface area (Å²) in [5.41, 5.74) is 3.69. The van der Waals surface area contributed by atoms with Gasteiger partial charge in [-0.15, -0.1) is 0 Å². The lowest BCUT2D eigenvalue weighted by atomic mass is 9.89. The van der Waals surface area contributed by atoms with E-state index in [0.29, 0.717) is 41.2 Å². The fraction of sp³-hybridized carbons (Fsp3) is 0.348. The number of ether oxygens (including phenoxy) is 1. The van der Waals surface area contributed by atoms with E-state index in [9.17, 15) is 8.78 Å². The molecule has 0 spiro atoms. The number of aromatic nitrogens is 6. The Kier molecular flexibility index (Phi) is 5.13. The van der Waals surface area contributed by atoms with Gasteiger partial charge in [-0.1, -0.05) is 0 Å². The molecule has 3 atom stereocenters. The molecule has 0 bridgehead atoms. The lowest BCUT2D eigenvalue weighted by molar-refractivity contribution is -0.0511. The van der Waals surface area contributed by atoms with Crippen molar-refractivity contribution in [1.82, 2.24) is 30.1 Å². The molecule has 32 heavy (non-hydrogen) atoms. The normalized spacial score (nSPS) is 21.2. The molecule has 0 saturated carbocycles. The summed E-state index contributed by atoms with van der Waals surface area (Å²) in [6.07, 6.45) is 4.75. The number of aromatic amines is 1. The number of rotatable bonds is 3. The molecule has 4 aromatic rings. The Morgan fingerprint density at radius 2 is 1.84 bits per heavy atom. The van der Waals surface area contributed by atoms with E-state index in [-0.39, 0.29) is 23.7 Å². The molecule has 4 heterocycles. The fourth-order valence-corrected chi connectivity index (χ4v) is 4.19. The average Bonchev–Trinajstić information content (AvgIpc) is 3.29. The van der Waals surface area contributed by atoms with Crippen LogP contribution in [0.15, 0.2) is 30.6 Å². The third-order valence-electron chi connectivity index (χ3n) is 5.91. The number of H-pyrrole nitrogens is 1. The maximum absolute atomic E-state index is 14.7. The van der Waals surface area contributed by atoms with E-state index in [1.54, 1.807) is 6.20 Å². The van der Waals surface area contributed by atoms with Crippen LogP contribution in [-0.4, -0.2) is 36.2 Å². The molecule has 0 radical (unpaired) electrons. The van der Waals surface area contributed by atoms with Crippen molar-refractivity contribution in [2.45, 2.75) is 51.7 Å². The van der Waals surface area contributed by atoms with Gasteiger partial charge in [0.1, 0.15) is 28.7 Å². The number of fused-ring (bicyclic) bond motifs is 1. The number of nitrogens with one attached hydrogen (secondary N) is 1.